The summed E-state index contributed by atoms with van der Waals surface area (Å²) in [5, 5.41) is 3.82. The second kappa shape index (κ2) is 4.74. The Hall–Kier alpha value is -1.22. The molecule has 0 saturated carbocycles. The molecule has 4 heteroatoms. The summed E-state index contributed by atoms with van der Waals surface area (Å²) in [7, 11) is 0. The van der Waals surface area contributed by atoms with E-state index in [1.165, 1.54) is 0 Å². The highest BCUT2D eigenvalue weighted by atomic mass is 35.5. The van der Waals surface area contributed by atoms with E-state index in [1.807, 2.05) is 25.1 Å². The van der Waals surface area contributed by atoms with Crippen molar-refractivity contribution < 1.29 is 4.79 Å². The van der Waals surface area contributed by atoms with Gasteiger partial charge < -0.3 is 10.2 Å². The van der Waals surface area contributed by atoms with E-state index >= 15 is 0 Å². The maximum atomic E-state index is 11.6. The van der Waals surface area contributed by atoms with E-state index in [1.54, 1.807) is 4.90 Å². The van der Waals surface area contributed by atoms with Gasteiger partial charge >= 0.3 is 0 Å². The summed E-state index contributed by atoms with van der Waals surface area (Å²) in [6, 6.07) is 5.73. The van der Waals surface area contributed by atoms with Crippen molar-refractivity contribution in [2.24, 2.45) is 0 Å². The molecule has 1 aliphatic heterocycles. The van der Waals surface area contributed by atoms with Crippen molar-refractivity contribution in [3.63, 3.8) is 0 Å². The number of rotatable bonds is 3. The van der Waals surface area contributed by atoms with Crippen LogP contribution in [-0.4, -0.2) is 19.0 Å². The van der Waals surface area contributed by atoms with Crippen LogP contribution in [0, 0.1) is 0 Å². The minimum Gasteiger partial charge on any atom is -0.385 e. The average molecular weight is 239 g/mol. The third-order valence-electron chi connectivity index (χ3n) is 2.69. The molecule has 0 bridgehead atoms. The predicted molar refractivity (Wildman–Crippen MR) is 67.2 cm³/mol. The molecular formula is C12H15ClN2O. The van der Waals surface area contributed by atoms with Gasteiger partial charge in [0, 0.05) is 25.2 Å². The molecular weight excluding hydrogens is 224 g/mol. The van der Waals surface area contributed by atoms with Gasteiger partial charge in [-0.25, -0.2) is 0 Å². The minimum atomic E-state index is 0.165. The second-order valence-electron chi connectivity index (χ2n) is 3.85. The van der Waals surface area contributed by atoms with Gasteiger partial charge in [0.15, 0.2) is 0 Å². The quantitative estimate of drug-likeness (QED) is 0.878. The van der Waals surface area contributed by atoms with Crippen molar-refractivity contribution in [3.05, 3.63) is 23.2 Å². The molecule has 0 radical (unpaired) electrons. The number of anilines is 2. The Morgan fingerprint density at radius 1 is 1.50 bits per heavy atom. The van der Waals surface area contributed by atoms with E-state index < -0.39 is 0 Å². The van der Waals surface area contributed by atoms with Crippen LogP contribution in [0.3, 0.4) is 0 Å². The first-order valence-electron chi connectivity index (χ1n) is 5.56. The fourth-order valence-corrected chi connectivity index (χ4v) is 2.23. The van der Waals surface area contributed by atoms with Crippen molar-refractivity contribution >= 4 is 28.9 Å². The lowest BCUT2D eigenvalue weighted by atomic mass is 10.2. The molecule has 1 fully saturated rings. The van der Waals surface area contributed by atoms with Gasteiger partial charge in [-0.15, -0.1) is 0 Å². The van der Waals surface area contributed by atoms with Crippen molar-refractivity contribution in [1.29, 1.82) is 0 Å². The zero-order valence-corrected chi connectivity index (χ0v) is 10.0. The van der Waals surface area contributed by atoms with E-state index in [2.05, 4.69) is 5.32 Å². The minimum absolute atomic E-state index is 0.165. The summed E-state index contributed by atoms with van der Waals surface area (Å²) in [6.45, 7) is 3.67. The van der Waals surface area contributed by atoms with Gasteiger partial charge in [-0.05, 0) is 31.5 Å². The van der Waals surface area contributed by atoms with Crippen molar-refractivity contribution in [3.8, 4) is 0 Å². The van der Waals surface area contributed by atoms with Gasteiger partial charge in [0.25, 0.3) is 0 Å². The van der Waals surface area contributed by atoms with Gasteiger partial charge in [0.2, 0.25) is 5.91 Å². The molecule has 0 unspecified atom stereocenters. The number of halogens is 1. The van der Waals surface area contributed by atoms with Crippen LogP contribution in [0.15, 0.2) is 18.2 Å². The normalized spacial score (nSPS) is 15.6. The molecule has 1 aromatic rings. The third-order valence-corrected chi connectivity index (χ3v) is 3.00. The highest BCUT2D eigenvalue weighted by molar-refractivity contribution is 6.34. The number of benzene rings is 1. The molecule has 1 heterocycles. The van der Waals surface area contributed by atoms with Gasteiger partial charge in [-0.2, -0.15) is 0 Å². The molecule has 1 aliphatic rings. The van der Waals surface area contributed by atoms with E-state index in [0.717, 1.165) is 30.9 Å². The average Bonchev–Trinajstić information content (AvgIpc) is 2.65. The van der Waals surface area contributed by atoms with Crippen molar-refractivity contribution in [1.82, 2.24) is 0 Å². The van der Waals surface area contributed by atoms with Crippen LogP contribution in [0.1, 0.15) is 19.8 Å². The number of hydrogen-bond donors (Lipinski definition) is 1. The Morgan fingerprint density at radius 3 is 2.88 bits per heavy atom. The van der Waals surface area contributed by atoms with Gasteiger partial charge in [-0.1, -0.05) is 11.6 Å². The third kappa shape index (κ3) is 2.14. The summed E-state index contributed by atoms with van der Waals surface area (Å²) >= 11 is 6.18. The van der Waals surface area contributed by atoms with Crippen molar-refractivity contribution in [2.45, 2.75) is 19.8 Å². The van der Waals surface area contributed by atoms with E-state index in [-0.39, 0.29) is 5.91 Å². The molecule has 1 saturated heterocycles. The summed E-state index contributed by atoms with van der Waals surface area (Å²) in [5.41, 5.74) is 1.81. The van der Waals surface area contributed by atoms with Gasteiger partial charge in [-0.3, -0.25) is 4.79 Å². The predicted octanol–water partition coefficient (Wildman–Crippen LogP) is 2.90. The highest BCUT2D eigenvalue weighted by Crippen LogP contribution is 2.31. The lowest BCUT2D eigenvalue weighted by Crippen LogP contribution is -2.23. The fraction of sp³-hybridized carbons (Fsp3) is 0.417. The van der Waals surface area contributed by atoms with Crippen LogP contribution in [0.2, 0.25) is 5.02 Å². The van der Waals surface area contributed by atoms with Crippen LogP contribution >= 0.6 is 11.6 Å². The molecule has 86 valence electrons. The van der Waals surface area contributed by atoms with Crippen molar-refractivity contribution in [2.75, 3.05) is 23.3 Å². The number of carbonyl (C=O) groups excluding carboxylic acids is 1. The molecule has 0 atom stereocenters. The SMILES string of the molecule is CCNc1ccc(N2CCCC2=O)c(Cl)c1. The molecule has 1 amide bonds. The molecule has 0 aromatic heterocycles. The number of nitrogens with one attached hydrogen (secondary N) is 1. The summed E-state index contributed by atoms with van der Waals surface area (Å²) in [5.74, 6) is 0.165. The molecule has 16 heavy (non-hydrogen) atoms. The van der Waals surface area contributed by atoms with E-state index in [0.29, 0.717) is 11.4 Å². The zero-order valence-electron chi connectivity index (χ0n) is 9.29. The summed E-state index contributed by atoms with van der Waals surface area (Å²) < 4.78 is 0. The molecule has 0 spiro atoms. The smallest absolute Gasteiger partial charge is 0.227 e. The first-order valence-corrected chi connectivity index (χ1v) is 5.94. The topological polar surface area (TPSA) is 32.3 Å². The zero-order chi connectivity index (χ0) is 11.5. The Labute approximate surface area is 100 Å². The molecule has 3 nitrogen and oxygen atoms in total. The molecule has 0 aliphatic carbocycles. The standard InChI is InChI=1S/C12H15ClN2O/c1-2-14-9-5-6-11(10(13)8-9)15-7-3-4-12(15)16/h5-6,8,14H,2-4,7H2,1H3. The maximum Gasteiger partial charge on any atom is 0.227 e. The number of amides is 1. The molecule has 1 N–H and O–H groups in total. The lowest BCUT2D eigenvalue weighted by Gasteiger charge is -2.18. The Morgan fingerprint density at radius 2 is 2.31 bits per heavy atom. The number of nitrogens with zero attached hydrogens (tertiary/aromatic N) is 1. The Bertz CT molecular complexity index is 406. The summed E-state index contributed by atoms with van der Waals surface area (Å²) in [4.78, 5) is 13.4. The van der Waals surface area contributed by atoms with Crippen LogP contribution in [0.4, 0.5) is 11.4 Å². The van der Waals surface area contributed by atoms with Gasteiger partial charge in [0.1, 0.15) is 0 Å². The van der Waals surface area contributed by atoms with Gasteiger partial charge in [0.05, 0.1) is 10.7 Å². The fourth-order valence-electron chi connectivity index (χ4n) is 1.94. The first-order chi connectivity index (χ1) is 7.72. The Kier molecular flexibility index (Phi) is 3.34. The molecule has 2 rings (SSSR count). The Balaban J connectivity index is 2.25. The summed E-state index contributed by atoms with van der Waals surface area (Å²) in [6.07, 6.45) is 1.55. The number of hydrogen-bond acceptors (Lipinski definition) is 2. The van der Waals surface area contributed by atoms with Crippen LogP contribution in [-0.2, 0) is 4.79 Å². The van der Waals surface area contributed by atoms with Crippen LogP contribution in [0.5, 0.6) is 0 Å². The molecule has 1 aromatic carbocycles. The monoisotopic (exact) mass is 238 g/mol. The maximum absolute atomic E-state index is 11.6. The second-order valence-corrected chi connectivity index (χ2v) is 4.25. The lowest BCUT2D eigenvalue weighted by molar-refractivity contribution is -0.117. The first kappa shape index (κ1) is 11.3. The van der Waals surface area contributed by atoms with Crippen LogP contribution in [0.25, 0.3) is 0 Å². The van der Waals surface area contributed by atoms with E-state index in [4.69, 9.17) is 11.6 Å². The van der Waals surface area contributed by atoms with Crippen LogP contribution < -0.4 is 10.2 Å². The highest BCUT2D eigenvalue weighted by Gasteiger charge is 2.23. The van der Waals surface area contributed by atoms with E-state index in [9.17, 15) is 4.79 Å². The number of carbonyl (C=O) groups is 1. The largest absolute Gasteiger partial charge is 0.385 e.